The minimum absolute atomic E-state index is 0.119. The molecule has 0 bridgehead atoms. The number of amides is 1. The van der Waals surface area contributed by atoms with Gasteiger partial charge >= 0.3 is 0 Å². The molecule has 1 aliphatic rings. The largest absolute Gasteiger partial charge is 0.343 e. The van der Waals surface area contributed by atoms with E-state index in [1.807, 2.05) is 27.0 Å². The number of rotatable bonds is 2. The van der Waals surface area contributed by atoms with Crippen molar-refractivity contribution in [1.29, 1.82) is 5.26 Å². The molecule has 0 aromatic heterocycles. The first-order chi connectivity index (χ1) is 9.36. The van der Waals surface area contributed by atoms with Crippen molar-refractivity contribution < 1.29 is 4.79 Å². The maximum absolute atomic E-state index is 12.2. The Bertz CT molecular complexity index is 577. The highest BCUT2D eigenvalue weighted by Gasteiger charge is 2.40. The fraction of sp³-hybridized carbons (Fsp3) is 0.467. The second-order valence-corrected chi connectivity index (χ2v) is 6.03. The Hall–Kier alpha value is -1.57. The molecule has 1 heterocycles. The fourth-order valence-corrected chi connectivity index (χ4v) is 2.72. The van der Waals surface area contributed by atoms with Crippen LogP contribution in [-0.2, 0) is 11.3 Å². The van der Waals surface area contributed by atoms with Crippen LogP contribution in [0, 0.1) is 11.3 Å². The fourth-order valence-electron chi connectivity index (χ4n) is 2.48. The van der Waals surface area contributed by atoms with E-state index in [0.717, 1.165) is 18.7 Å². The molecule has 20 heavy (non-hydrogen) atoms. The Kier molecular flexibility index (Phi) is 4.03. The molecule has 1 amide bonds. The number of hydrogen-bond donors (Lipinski definition) is 0. The number of hydrogen-bond acceptors (Lipinski definition) is 3. The molecule has 0 N–H and O–H groups in total. The van der Waals surface area contributed by atoms with Gasteiger partial charge in [0.15, 0.2) is 0 Å². The number of likely N-dealkylation sites (N-methyl/N-ethyl adjacent to an activating group) is 1. The third kappa shape index (κ3) is 2.65. The number of benzene rings is 1. The summed E-state index contributed by atoms with van der Waals surface area (Å²) in [4.78, 5) is 16.1. The first-order valence-corrected chi connectivity index (χ1v) is 6.93. The molecule has 0 spiro atoms. The molecule has 1 fully saturated rings. The Labute approximate surface area is 124 Å². The van der Waals surface area contributed by atoms with Gasteiger partial charge in [-0.15, -0.1) is 0 Å². The van der Waals surface area contributed by atoms with Crippen LogP contribution in [0.3, 0.4) is 0 Å². The first kappa shape index (κ1) is 14.8. The third-order valence-electron chi connectivity index (χ3n) is 3.91. The smallest absolute Gasteiger partial charge is 0.242 e. The minimum Gasteiger partial charge on any atom is -0.343 e. The summed E-state index contributed by atoms with van der Waals surface area (Å²) in [6.45, 7) is 6.00. The van der Waals surface area contributed by atoms with Gasteiger partial charge in [-0.1, -0.05) is 17.7 Å². The molecule has 5 heteroatoms. The van der Waals surface area contributed by atoms with E-state index in [2.05, 4.69) is 11.0 Å². The summed E-state index contributed by atoms with van der Waals surface area (Å²) in [5.41, 5.74) is 0.952. The molecule has 1 aromatic rings. The maximum atomic E-state index is 12.2. The number of carbonyl (C=O) groups is 1. The van der Waals surface area contributed by atoms with Crippen LogP contribution in [0.15, 0.2) is 18.2 Å². The van der Waals surface area contributed by atoms with Crippen molar-refractivity contribution in [2.75, 3.05) is 20.1 Å². The molecule has 0 aliphatic carbocycles. The van der Waals surface area contributed by atoms with Gasteiger partial charge in [0.1, 0.15) is 0 Å². The lowest BCUT2D eigenvalue weighted by Gasteiger charge is -2.44. The Balaban J connectivity index is 2.22. The van der Waals surface area contributed by atoms with Gasteiger partial charge in [0.05, 0.1) is 17.2 Å². The van der Waals surface area contributed by atoms with Crippen molar-refractivity contribution in [2.45, 2.75) is 25.9 Å². The highest BCUT2D eigenvalue weighted by Crippen LogP contribution is 2.26. The van der Waals surface area contributed by atoms with Crippen LogP contribution in [0.5, 0.6) is 0 Å². The minimum atomic E-state index is -0.537. The van der Waals surface area contributed by atoms with Gasteiger partial charge in [0.2, 0.25) is 5.91 Å². The zero-order chi connectivity index (χ0) is 14.9. The van der Waals surface area contributed by atoms with E-state index < -0.39 is 5.54 Å². The van der Waals surface area contributed by atoms with E-state index in [9.17, 15) is 4.79 Å². The van der Waals surface area contributed by atoms with Crippen molar-refractivity contribution in [3.63, 3.8) is 0 Å². The molecular weight excluding hydrogens is 274 g/mol. The molecule has 1 saturated heterocycles. The monoisotopic (exact) mass is 291 g/mol. The van der Waals surface area contributed by atoms with Crippen LogP contribution in [0.1, 0.15) is 25.0 Å². The Morgan fingerprint density at radius 2 is 2.10 bits per heavy atom. The highest BCUT2D eigenvalue weighted by atomic mass is 35.5. The van der Waals surface area contributed by atoms with Gasteiger partial charge in [-0.05, 0) is 31.5 Å². The van der Waals surface area contributed by atoms with Crippen molar-refractivity contribution >= 4 is 17.5 Å². The van der Waals surface area contributed by atoms with E-state index >= 15 is 0 Å². The number of piperazine rings is 1. The van der Waals surface area contributed by atoms with E-state index in [0.29, 0.717) is 17.1 Å². The zero-order valence-electron chi connectivity index (χ0n) is 12.0. The Morgan fingerprint density at radius 1 is 1.40 bits per heavy atom. The van der Waals surface area contributed by atoms with Crippen LogP contribution in [-0.4, -0.2) is 41.4 Å². The summed E-state index contributed by atoms with van der Waals surface area (Å²) < 4.78 is 0. The van der Waals surface area contributed by atoms with Crippen molar-refractivity contribution in [3.05, 3.63) is 34.3 Å². The molecule has 0 saturated carbocycles. The summed E-state index contributed by atoms with van der Waals surface area (Å²) >= 11 is 6.21. The standard InChI is InChI=1S/C15H18ClN3O/c1-15(2)14(20)18(3)6-7-19(15)10-12-5-4-11(9-17)8-13(12)16/h4-5,8H,6-7,10H2,1-3H3. The van der Waals surface area contributed by atoms with E-state index in [1.165, 1.54) is 0 Å². The predicted octanol–water partition coefficient (Wildman–Crippen LogP) is 2.26. The quantitative estimate of drug-likeness (QED) is 0.840. The van der Waals surface area contributed by atoms with Crippen molar-refractivity contribution in [3.8, 4) is 6.07 Å². The second-order valence-electron chi connectivity index (χ2n) is 5.63. The molecule has 1 aliphatic heterocycles. The van der Waals surface area contributed by atoms with Gasteiger partial charge in [0, 0.05) is 31.7 Å². The van der Waals surface area contributed by atoms with Gasteiger partial charge in [-0.2, -0.15) is 5.26 Å². The van der Waals surface area contributed by atoms with E-state index in [-0.39, 0.29) is 5.91 Å². The summed E-state index contributed by atoms with van der Waals surface area (Å²) in [6.07, 6.45) is 0. The van der Waals surface area contributed by atoms with Crippen molar-refractivity contribution in [2.24, 2.45) is 0 Å². The maximum Gasteiger partial charge on any atom is 0.242 e. The Morgan fingerprint density at radius 3 is 2.70 bits per heavy atom. The van der Waals surface area contributed by atoms with Gasteiger partial charge in [-0.25, -0.2) is 0 Å². The number of halogens is 1. The SMILES string of the molecule is CN1CCN(Cc2ccc(C#N)cc2Cl)C(C)(C)C1=O. The number of nitriles is 1. The van der Waals surface area contributed by atoms with Crippen LogP contribution >= 0.6 is 11.6 Å². The average Bonchev–Trinajstić information content (AvgIpc) is 2.41. The normalized spacial score (nSPS) is 18.9. The second kappa shape index (κ2) is 5.43. The van der Waals surface area contributed by atoms with Gasteiger partial charge < -0.3 is 4.90 Å². The molecule has 4 nitrogen and oxygen atoms in total. The van der Waals surface area contributed by atoms with Crippen molar-refractivity contribution in [1.82, 2.24) is 9.80 Å². The number of carbonyl (C=O) groups excluding carboxylic acids is 1. The third-order valence-corrected chi connectivity index (χ3v) is 4.26. The summed E-state index contributed by atoms with van der Waals surface area (Å²) in [7, 11) is 1.83. The van der Waals surface area contributed by atoms with Crippen LogP contribution in [0.4, 0.5) is 0 Å². The zero-order valence-corrected chi connectivity index (χ0v) is 12.7. The molecular formula is C15H18ClN3O. The first-order valence-electron chi connectivity index (χ1n) is 6.55. The van der Waals surface area contributed by atoms with Gasteiger partial charge in [-0.3, -0.25) is 9.69 Å². The molecule has 106 valence electrons. The summed E-state index contributed by atoms with van der Waals surface area (Å²) in [5.74, 6) is 0.119. The number of nitrogens with zero attached hydrogens (tertiary/aromatic N) is 3. The molecule has 0 atom stereocenters. The van der Waals surface area contributed by atoms with Crippen LogP contribution in [0.25, 0.3) is 0 Å². The topological polar surface area (TPSA) is 47.3 Å². The van der Waals surface area contributed by atoms with Crippen LogP contribution in [0.2, 0.25) is 5.02 Å². The highest BCUT2D eigenvalue weighted by molar-refractivity contribution is 6.31. The summed E-state index contributed by atoms with van der Waals surface area (Å²) in [5, 5.41) is 9.43. The lowest BCUT2D eigenvalue weighted by Crippen LogP contribution is -2.61. The average molecular weight is 292 g/mol. The molecule has 1 aromatic carbocycles. The summed E-state index contributed by atoms with van der Waals surface area (Å²) in [6, 6.07) is 7.35. The lowest BCUT2D eigenvalue weighted by molar-refractivity contribution is -0.147. The van der Waals surface area contributed by atoms with E-state index in [4.69, 9.17) is 16.9 Å². The molecule has 2 rings (SSSR count). The lowest BCUT2D eigenvalue weighted by atomic mass is 9.96. The molecule has 0 unspecified atom stereocenters. The molecule has 0 radical (unpaired) electrons. The van der Waals surface area contributed by atoms with Gasteiger partial charge in [0.25, 0.3) is 0 Å². The predicted molar refractivity (Wildman–Crippen MR) is 78.3 cm³/mol. The van der Waals surface area contributed by atoms with Crippen LogP contribution < -0.4 is 0 Å². The van der Waals surface area contributed by atoms with E-state index in [1.54, 1.807) is 17.0 Å².